The first-order valence-electron chi connectivity index (χ1n) is 6.95. The molecule has 0 unspecified atom stereocenters. The number of anilines is 1. The van der Waals surface area contributed by atoms with Gasteiger partial charge in [-0.15, -0.1) is 0 Å². The fraction of sp³-hybridized carbons (Fsp3) is 0.333. The highest BCUT2D eigenvalue weighted by Gasteiger charge is 2.28. The summed E-state index contributed by atoms with van der Waals surface area (Å²) in [6.45, 7) is 0.610. The largest absolute Gasteiger partial charge is 0.444 e. The lowest BCUT2D eigenvalue weighted by atomic mass is 10.1. The summed E-state index contributed by atoms with van der Waals surface area (Å²) in [6.07, 6.45) is 1.27. The molecule has 0 bridgehead atoms. The van der Waals surface area contributed by atoms with Crippen LogP contribution in [0.15, 0.2) is 30.3 Å². The number of hydrogen-bond donors (Lipinski definition) is 2. The first-order chi connectivity index (χ1) is 10.3. The molecule has 0 spiro atoms. The monoisotopic (exact) mass is 287 g/mol. The third-order valence-electron chi connectivity index (χ3n) is 3.54. The van der Waals surface area contributed by atoms with E-state index in [4.69, 9.17) is 4.74 Å². The summed E-state index contributed by atoms with van der Waals surface area (Å²) < 4.78 is 5.36. The van der Waals surface area contributed by atoms with Crippen molar-refractivity contribution in [3.05, 3.63) is 47.3 Å². The number of nitrogens with one attached hydrogen (secondary N) is 1. The highest BCUT2D eigenvalue weighted by Crippen LogP contribution is 2.29. The Morgan fingerprint density at radius 3 is 2.95 bits per heavy atom. The van der Waals surface area contributed by atoms with Crippen LogP contribution in [-0.4, -0.2) is 27.9 Å². The lowest BCUT2D eigenvalue weighted by Crippen LogP contribution is -2.36. The molecule has 6 nitrogen and oxygen atoms in total. The zero-order valence-corrected chi connectivity index (χ0v) is 11.6. The van der Waals surface area contributed by atoms with Crippen molar-refractivity contribution < 1.29 is 14.6 Å². The predicted octanol–water partition coefficient (Wildman–Crippen LogP) is 1.99. The topological polar surface area (TPSA) is 78.5 Å². The quantitative estimate of drug-likeness (QED) is 0.905. The summed E-state index contributed by atoms with van der Waals surface area (Å²) in [6, 6.07) is 9.54. The zero-order chi connectivity index (χ0) is 14.7. The molecule has 0 aliphatic carbocycles. The predicted molar refractivity (Wildman–Crippen MR) is 76.8 cm³/mol. The lowest BCUT2D eigenvalue weighted by Gasteiger charge is -2.26. The van der Waals surface area contributed by atoms with Crippen molar-refractivity contribution in [3.8, 4) is 0 Å². The lowest BCUT2D eigenvalue weighted by molar-refractivity contribution is 0.146. The maximum Gasteiger partial charge on any atom is 0.414 e. The van der Waals surface area contributed by atoms with Crippen molar-refractivity contribution in [2.75, 3.05) is 11.4 Å². The Labute approximate surface area is 122 Å². The zero-order valence-electron chi connectivity index (χ0n) is 11.6. The Balaban J connectivity index is 1.73. The van der Waals surface area contributed by atoms with Crippen molar-refractivity contribution in [2.45, 2.75) is 26.1 Å². The van der Waals surface area contributed by atoms with Gasteiger partial charge in [0.15, 0.2) is 0 Å². The van der Waals surface area contributed by atoms with Crippen molar-refractivity contribution in [1.82, 2.24) is 10.2 Å². The number of fused-ring (bicyclic) bond motifs is 1. The molecule has 0 fully saturated rings. The highest BCUT2D eigenvalue weighted by molar-refractivity contribution is 5.89. The van der Waals surface area contributed by atoms with Crippen molar-refractivity contribution in [2.24, 2.45) is 0 Å². The van der Waals surface area contributed by atoms with Gasteiger partial charge in [0.1, 0.15) is 12.3 Å². The van der Waals surface area contributed by atoms with E-state index in [0.717, 1.165) is 24.1 Å². The van der Waals surface area contributed by atoms with E-state index in [1.54, 1.807) is 4.90 Å². The number of aliphatic hydroxyl groups excluding tert-OH is 1. The Hall–Kier alpha value is -2.34. The van der Waals surface area contributed by atoms with Crippen LogP contribution in [0.25, 0.3) is 0 Å². The molecule has 2 N–H and O–H groups in total. The minimum absolute atomic E-state index is 0.200. The van der Waals surface area contributed by atoms with Crippen LogP contribution in [0.2, 0.25) is 0 Å². The first-order valence-corrected chi connectivity index (χ1v) is 6.95. The Bertz CT molecular complexity index is 611. The van der Waals surface area contributed by atoms with Crippen LogP contribution < -0.4 is 4.90 Å². The molecule has 2 aromatic rings. The molecule has 1 aliphatic rings. The number of nitrogens with zero attached hydrogens (tertiary/aromatic N) is 2. The molecular formula is C15H17N3O3. The molecule has 0 saturated carbocycles. The molecule has 3 rings (SSSR count). The summed E-state index contributed by atoms with van der Waals surface area (Å²) in [5.41, 5.74) is 2.97. The van der Waals surface area contributed by atoms with E-state index < -0.39 is 6.09 Å². The number of benzene rings is 1. The number of aromatic nitrogens is 2. The number of carbonyl (C=O) groups excluding carboxylic acids is 1. The first kappa shape index (κ1) is 13.6. The van der Waals surface area contributed by atoms with E-state index in [1.807, 2.05) is 30.3 Å². The van der Waals surface area contributed by atoms with Gasteiger partial charge in [-0.05, 0) is 18.4 Å². The van der Waals surface area contributed by atoms with Crippen LogP contribution in [0, 0.1) is 0 Å². The van der Waals surface area contributed by atoms with Gasteiger partial charge in [-0.25, -0.2) is 4.79 Å². The molecule has 1 aliphatic heterocycles. The van der Waals surface area contributed by atoms with Gasteiger partial charge in [-0.3, -0.25) is 10.00 Å². The molecule has 1 amide bonds. The van der Waals surface area contributed by atoms with Crippen LogP contribution >= 0.6 is 0 Å². The molecule has 0 atom stereocenters. The van der Waals surface area contributed by atoms with Crippen molar-refractivity contribution >= 4 is 11.8 Å². The average Bonchev–Trinajstić information content (AvgIpc) is 2.96. The van der Waals surface area contributed by atoms with Crippen LogP contribution in [0.1, 0.15) is 23.4 Å². The SMILES string of the molecule is O=C(OCc1ccccc1)N1CCCc2[nH]nc(CO)c21. The third-order valence-corrected chi connectivity index (χ3v) is 3.54. The van der Waals surface area contributed by atoms with Crippen LogP contribution in [0.5, 0.6) is 0 Å². The van der Waals surface area contributed by atoms with Crippen LogP contribution in [0.4, 0.5) is 10.5 Å². The van der Waals surface area contributed by atoms with E-state index >= 15 is 0 Å². The summed E-state index contributed by atoms with van der Waals surface area (Å²) >= 11 is 0. The van der Waals surface area contributed by atoms with Gasteiger partial charge in [0.2, 0.25) is 0 Å². The smallest absolute Gasteiger partial charge is 0.414 e. The fourth-order valence-corrected chi connectivity index (χ4v) is 2.52. The van der Waals surface area contributed by atoms with Gasteiger partial charge in [0.05, 0.1) is 18.0 Å². The minimum Gasteiger partial charge on any atom is -0.444 e. The van der Waals surface area contributed by atoms with Gasteiger partial charge in [-0.1, -0.05) is 30.3 Å². The van der Waals surface area contributed by atoms with Crippen LogP contribution in [0.3, 0.4) is 0 Å². The highest BCUT2D eigenvalue weighted by atomic mass is 16.6. The average molecular weight is 287 g/mol. The molecule has 1 aromatic carbocycles. The maximum atomic E-state index is 12.3. The summed E-state index contributed by atoms with van der Waals surface area (Å²) in [4.78, 5) is 13.8. The maximum absolute atomic E-state index is 12.3. The molecule has 1 aromatic heterocycles. The number of aryl methyl sites for hydroxylation is 1. The van der Waals surface area contributed by atoms with Gasteiger partial charge in [0, 0.05) is 6.54 Å². The Kier molecular flexibility index (Phi) is 3.87. The number of carbonyl (C=O) groups is 1. The second kappa shape index (κ2) is 5.97. The number of aromatic amines is 1. The number of H-pyrrole nitrogens is 1. The number of aliphatic hydroxyl groups is 1. The Morgan fingerprint density at radius 2 is 2.19 bits per heavy atom. The third kappa shape index (κ3) is 2.75. The van der Waals surface area contributed by atoms with Gasteiger partial charge < -0.3 is 9.84 Å². The van der Waals surface area contributed by atoms with Crippen LogP contribution in [-0.2, 0) is 24.4 Å². The minimum atomic E-state index is -0.407. The van der Waals surface area contributed by atoms with E-state index in [9.17, 15) is 9.90 Å². The molecule has 0 saturated heterocycles. The van der Waals surface area contributed by atoms with E-state index in [2.05, 4.69) is 10.2 Å². The molecule has 21 heavy (non-hydrogen) atoms. The van der Waals surface area contributed by atoms with Gasteiger partial charge in [0.25, 0.3) is 0 Å². The molecule has 2 heterocycles. The van der Waals surface area contributed by atoms with E-state index in [1.165, 1.54) is 0 Å². The second-order valence-corrected chi connectivity index (χ2v) is 4.95. The number of ether oxygens (including phenoxy) is 1. The van der Waals surface area contributed by atoms with E-state index in [0.29, 0.717) is 17.9 Å². The molecule has 110 valence electrons. The molecule has 6 heteroatoms. The number of hydrogen-bond acceptors (Lipinski definition) is 4. The summed E-state index contributed by atoms with van der Waals surface area (Å²) in [5.74, 6) is 0. The summed E-state index contributed by atoms with van der Waals surface area (Å²) in [5, 5.41) is 16.2. The van der Waals surface area contributed by atoms with Crippen molar-refractivity contribution in [1.29, 1.82) is 0 Å². The fourth-order valence-electron chi connectivity index (χ4n) is 2.52. The second-order valence-electron chi connectivity index (χ2n) is 4.95. The van der Waals surface area contributed by atoms with E-state index in [-0.39, 0.29) is 13.2 Å². The summed E-state index contributed by atoms with van der Waals surface area (Å²) in [7, 11) is 0. The molecular weight excluding hydrogens is 270 g/mol. The van der Waals surface area contributed by atoms with Gasteiger partial charge in [-0.2, -0.15) is 5.10 Å². The van der Waals surface area contributed by atoms with Gasteiger partial charge >= 0.3 is 6.09 Å². The number of rotatable bonds is 3. The standard InChI is InChI=1S/C15H17N3O3/c19-9-13-14-12(16-17-13)7-4-8-18(14)15(20)21-10-11-5-2-1-3-6-11/h1-3,5-6,19H,4,7-10H2,(H,16,17). The molecule has 0 radical (unpaired) electrons. The van der Waals surface area contributed by atoms with Crippen molar-refractivity contribution in [3.63, 3.8) is 0 Å². The Morgan fingerprint density at radius 1 is 1.38 bits per heavy atom. The number of amides is 1. The normalized spacial score (nSPS) is 13.9.